The number of aromatic nitrogens is 1. The second-order valence-corrected chi connectivity index (χ2v) is 8.73. The van der Waals surface area contributed by atoms with Crippen molar-refractivity contribution in [1.82, 2.24) is 14.8 Å². The van der Waals surface area contributed by atoms with Crippen molar-refractivity contribution in [3.8, 4) is 11.3 Å². The van der Waals surface area contributed by atoms with Crippen LogP contribution >= 0.6 is 11.3 Å². The zero-order valence-corrected chi connectivity index (χ0v) is 17.0. The molecule has 0 radical (unpaired) electrons. The van der Waals surface area contributed by atoms with Crippen molar-refractivity contribution in [3.63, 3.8) is 0 Å². The van der Waals surface area contributed by atoms with E-state index in [1.807, 2.05) is 55.3 Å². The number of carbonyl (C=O) groups excluding carboxylic acids is 2. The number of hydrogen-bond donors (Lipinski definition) is 1. The first-order valence-corrected chi connectivity index (χ1v) is 9.99. The summed E-state index contributed by atoms with van der Waals surface area (Å²) < 4.78 is 0. The van der Waals surface area contributed by atoms with Gasteiger partial charge in [0, 0.05) is 54.6 Å². The molecule has 3 rings (SSSR count). The van der Waals surface area contributed by atoms with Crippen molar-refractivity contribution in [3.05, 3.63) is 35.2 Å². The van der Waals surface area contributed by atoms with E-state index in [0.717, 1.165) is 16.9 Å². The Kier molecular flexibility index (Phi) is 5.51. The molecule has 2 heterocycles. The van der Waals surface area contributed by atoms with E-state index < -0.39 is 0 Å². The van der Waals surface area contributed by atoms with Gasteiger partial charge in [-0.2, -0.15) is 0 Å². The fourth-order valence-electron chi connectivity index (χ4n) is 3.35. The van der Waals surface area contributed by atoms with Crippen molar-refractivity contribution < 1.29 is 9.59 Å². The van der Waals surface area contributed by atoms with Gasteiger partial charge in [0.05, 0.1) is 11.2 Å². The van der Waals surface area contributed by atoms with Crippen LogP contribution in [-0.4, -0.2) is 52.4 Å². The lowest BCUT2D eigenvalue weighted by molar-refractivity contribution is -0.131. The lowest BCUT2D eigenvalue weighted by atomic mass is 10.1. The topological polar surface area (TPSA) is 65.5 Å². The Morgan fingerprint density at radius 2 is 2.19 bits per heavy atom. The quantitative estimate of drug-likeness (QED) is 0.866. The summed E-state index contributed by atoms with van der Waals surface area (Å²) in [7, 11) is 1.77. The Labute approximate surface area is 164 Å². The first kappa shape index (κ1) is 19.4. The van der Waals surface area contributed by atoms with Gasteiger partial charge in [0.2, 0.25) is 5.91 Å². The van der Waals surface area contributed by atoms with Crippen LogP contribution in [-0.2, 0) is 4.79 Å². The third kappa shape index (κ3) is 4.66. The van der Waals surface area contributed by atoms with Crippen LogP contribution < -0.4 is 5.32 Å². The Morgan fingerprint density at radius 1 is 1.41 bits per heavy atom. The van der Waals surface area contributed by atoms with Crippen molar-refractivity contribution in [1.29, 1.82) is 0 Å². The second-order valence-electron chi connectivity index (χ2n) is 8.01. The second kappa shape index (κ2) is 7.68. The summed E-state index contributed by atoms with van der Waals surface area (Å²) in [5.41, 5.74) is 4.22. The molecular weight excluding hydrogens is 360 g/mol. The molecule has 7 heteroatoms. The van der Waals surface area contributed by atoms with Crippen molar-refractivity contribution in [2.45, 2.75) is 32.7 Å². The molecule has 3 amide bonds. The normalized spacial score (nSPS) is 17.3. The smallest absolute Gasteiger partial charge is 0.321 e. The summed E-state index contributed by atoms with van der Waals surface area (Å²) in [6, 6.07) is 7.48. The summed E-state index contributed by atoms with van der Waals surface area (Å²) in [5.74, 6) is 0.325. The van der Waals surface area contributed by atoms with Crippen molar-refractivity contribution in [2.24, 2.45) is 5.92 Å². The van der Waals surface area contributed by atoms with Gasteiger partial charge in [-0.05, 0) is 32.9 Å². The molecule has 0 unspecified atom stereocenters. The highest BCUT2D eigenvalue weighted by Crippen LogP contribution is 2.26. The molecule has 0 spiro atoms. The zero-order valence-electron chi connectivity index (χ0n) is 16.2. The molecule has 1 atom stereocenters. The van der Waals surface area contributed by atoms with Crippen LogP contribution in [0.4, 0.5) is 10.5 Å². The summed E-state index contributed by atoms with van der Waals surface area (Å²) in [4.78, 5) is 32.6. The number of rotatable bonds is 4. The molecular formula is C20H26N4O2S. The number of thiazole rings is 1. The Morgan fingerprint density at radius 3 is 2.81 bits per heavy atom. The fourth-order valence-corrected chi connectivity index (χ4v) is 3.91. The average molecular weight is 387 g/mol. The highest BCUT2D eigenvalue weighted by molar-refractivity contribution is 7.07. The number of nitrogens with zero attached hydrogens (tertiary/aromatic N) is 3. The average Bonchev–Trinajstić information content (AvgIpc) is 3.24. The van der Waals surface area contributed by atoms with Crippen LogP contribution in [0.15, 0.2) is 35.2 Å². The van der Waals surface area contributed by atoms with E-state index >= 15 is 0 Å². The van der Waals surface area contributed by atoms with Gasteiger partial charge in [-0.1, -0.05) is 12.1 Å². The predicted molar refractivity (Wildman–Crippen MR) is 109 cm³/mol. The molecule has 1 fully saturated rings. The van der Waals surface area contributed by atoms with Crippen LogP contribution in [0.5, 0.6) is 0 Å². The maximum absolute atomic E-state index is 12.6. The van der Waals surface area contributed by atoms with Crippen LogP contribution in [0.3, 0.4) is 0 Å². The molecule has 144 valence electrons. The molecule has 1 aromatic heterocycles. The minimum absolute atomic E-state index is 0.161. The molecule has 0 bridgehead atoms. The summed E-state index contributed by atoms with van der Waals surface area (Å²) in [6.07, 6.45) is 0.494. The third-order valence-electron chi connectivity index (χ3n) is 4.74. The minimum Gasteiger partial charge on any atom is -0.337 e. The van der Waals surface area contributed by atoms with Gasteiger partial charge in [0.15, 0.2) is 0 Å². The molecule has 0 saturated carbocycles. The van der Waals surface area contributed by atoms with Gasteiger partial charge in [-0.15, -0.1) is 11.3 Å². The Hall–Kier alpha value is -2.41. The van der Waals surface area contributed by atoms with Crippen LogP contribution in [0.25, 0.3) is 11.3 Å². The predicted octanol–water partition coefficient (Wildman–Crippen LogP) is 3.92. The first-order valence-electron chi connectivity index (χ1n) is 9.05. The SMILES string of the molecule is CN(C[C@@H]1CC(=O)N(C(C)(C)C)C1)C(=O)Nc1cccc(-c2cscn2)c1. The molecule has 2 aromatic rings. The number of anilines is 1. The molecule has 6 nitrogen and oxygen atoms in total. The summed E-state index contributed by atoms with van der Waals surface area (Å²) in [6.45, 7) is 7.37. The lowest BCUT2D eigenvalue weighted by Gasteiger charge is -2.32. The maximum atomic E-state index is 12.6. The Balaban J connectivity index is 1.59. The van der Waals surface area contributed by atoms with E-state index in [-0.39, 0.29) is 23.4 Å². The van der Waals surface area contributed by atoms with Gasteiger partial charge in [0.25, 0.3) is 0 Å². The lowest BCUT2D eigenvalue weighted by Crippen LogP contribution is -2.43. The highest BCUT2D eigenvalue weighted by atomic mass is 32.1. The maximum Gasteiger partial charge on any atom is 0.321 e. The molecule has 1 N–H and O–H groups in total. The van der Waals surface area contributed by atoms with E-state index in [1.165, 1.54) is 0 Å². The molecule has 1 aliphatic heterocycles. The van der Waals surface area contributed by atoms with Crippen molar-refractivity contribution in [2.75, 3.05) is 25.5 Å². The summed E-state index contributed by atoms with van der Waals surface area (Å²) >= 11 is 1.54. The summed E-state index contributed by atoms with van der Waals surface area (Å²) in [5, 5.41) is 4.91. The van der Waals surface area contributed by atoms with E-state index in [1.54, 1.807) is 28.8 Å². The van der Waals surface area contributed by atoms with E-state index in [9.17, 15) is 9.59 Å². The molecule has 27 heavy (non-hydrogen) atoms. The van der Waals surface area contributed by atoms with Gasteiger partial charge < -0.3 is 15.1 Å². The van der Waals surface area contributed by atoms with E-state index in [2.05, 4.69) is 10.3 Å². The van der Waals surface area contributed by atoms with E-state index in [4.69, 9.17) is 0 Å². The third-order valence-corrected chi connectivity index (χ3v) is 5.32. The highest BCUT2D eigenvalue weighted by Gasteiger charge is 2.36. The number of likely N-dealkylation sites (tertiary alicyclic amines) is 1. The van der Waals surface area contributed by atoms with Crippen molar-refractivity contribution >= 4 is 29.0 Å². The zero-order chi connectivity index (χ0) is 19.6. The van der Waals surface area contributed by atoms with Crippen LogP contribution in [0, 0.1) is 5.92 Å². The minimum atomic E-state index is -0.178. The van der Waals surface area contributed by atoms with Gasteiger partial charge in [0.1, 0.15) is 0 Å². The van der Waals surface area contributed by atoms with Gasteiger partial charge in [-0.3, -0.25) is 4.79 Å². The molecule has 1 aromatic carbocycles. The molecule has 1 saturated heterocycles. The van der Waals surface area contributed by atoms with Gasteiger partial charge >= 0.3 is 6.03 Å². The molecule has 1 aliphatic rings. The van der Waals surface area contributed by atoms with Crippen LogP contribution in [0.2, 0.25) is 0 Å². The number of amides is 3. The number of carbonyl (C=O) groups is 2. The Bertz CT molecular complexity index is 814. The van der Waals surface area contributed by atoms with E-state index in [0.29, 0.717) is 19.5 Å². The largest absolute Gasteiger partial charge is 0.337 e. The number of benzene rings is 1. The monoisotopic (exact) mass is 386 g/mol. The number of urea groups is 1. The first-order chi connectivity index (χ1) is 12.7. The molecule has 0 aliphatic carbocycles. The number of nitrogens with one attached hydrogen (secondary N) is 1. The fraction of sp³-hybridized carbons (Fsp3) is 0.450. The van der Waals surface area contributed by atoms with Crippen LogP contribution in [0.1, 0.15) is 27.2 Å². The van der Waals surface area contributed by atoms with Gasteiger partial charge in [-0.25, -0.2) is 9.78 Å². The standard InChI is InChI=1S/C20H26N4O2S/c1-20(2,3)24-11-14(8-18(24)25)10-23(4)19(26)22-16-7-5-6-15(9-16)17-12-27-13-21-17/h5-7,9,12-14H,8,10-11H2,1-4H3,(H,22,26)/t14-/m0/s1. The number of hydrogen-bond acceptors (Lipinski definition) is 4.